The Hall–Kier alpha value is -2.78. The van der Waals surface area contributed by atoms with Crippen molar-refractivity contribution in [3.05, 3.63) is 47.5 Å². The summed E-state index contributed by atoms with van der Waals surface area (Å²) in [4.78, 5) is 3.82. The van der Waals surface area contributed by atoms with Crippen molar-refractivity contribution >= 4 is 0 Å². The molecule has 0 amide bonds. The van der Waals surface area contributed by atoms with Gasteiger partial charge >= 0.3 is 6.18 Å². The Morgan fingerprint density at radius 3 is 2.65 bits per heavy atom. The Bertz CT molecular complexity index is 897. The Morgan fingerprint density at radius 2 is 2.00 bits per heavy atom. The molecule has 0 radical (unpaired) electrons. The van der Waals surface area contributed by atoms with Crippen molar-refractivity contribution in [2.45, 2.75) is 32.4 Å². The van der Waals surface area contributed by atoms with Crippen molar-refractivity contribution in [2.75, 3.05) is 0 Å². The molecule has 0 aliphatic rings. The molecule has 0 aliphatic carbocycles. The van der Waals surface area contributed by atoms with E-state index in [0.29, 0.717) is 17.7 Å². The maximum absolute atomic E-state index is 13.1. The topological polar surface area (TPSA) is 59.4 Å². The predicted molar refractivity (Wildman–Crippen MR) is 82.9 cm³/mol. The smallest absolute Gasteiger partial charge is 0.282 e. The summed E-state index contributed by atoms with van der Waals surface area (Å²) >= 11 is 0. The average Bonchev–Trinajstić information content (AvgIpc) is 3.21. The minimum Gasteiger partial charge on any atom is -0.282 e. The van der Waals surface area contributed by atoms with Gasteiger partial charge in [-0.15, -0.1) is 5.10 Å². The Labute approximate surface area is 144 Å². The van der Waals surface area contributed by atoms with Gasteiger partial charge in [-0.3, -0.25) is 5.10 Å². The fourth-order valence-corrected chi connectivity index (χ4v) is 2.53. The molecule has 138 valence electrons. The minimum absolute atomic E-state index is 0.0109. The third kappa shape index (κ3) is 3.44. The van der Waals surface area contributed by atoms with Gasteiger partial charge in [-0.2, -0.15) is 18.3 Å². The van der Waals surface area contributed by atoms with Crippen LogP contribution in [0, 0.1) is 0 Å². The zero-order chi connectivity index (χ0) is 18.9. The van der Waals surface area contributed by atoms with Crippen LogP contribution < -0.4 is 0 Å². The molecule has 1 N–H and O–H groups in total. The Kier molecular flexibility index (Phi) is 4.75. The van der Waals surface area contributed by atoms with E-state index in [1.807, 2.05) is 6.92 Å². The number of aryl methyl sites for hydroxylation is 1. The average molecular weight is 371 g/mol. The second kappa shape index (κ2) is 6.85. The summed E-state index contributed by atoms with van der Waals surface area (Å²) < 4.78 is 66.1. The van der Waals surface area contributed by atoms with E-state index in [-0.39, 0.29) is 11.5 Å². The van der Waals surface area contributed by atoms with E-state index in [2.05, 4.69) is 20.3 Å². The van der Waals surface area contributed by atoms with Crippen molar-refractivity contribution in [3.63, 3.8) is 0 Å². The molecule has 26 heavy (non-hydrogen) atoms. The third-order valence-electron chi connectivity index (χ3n) is 3.70. The molecule has 2 heterocycles. The van der Waals surface area contributed by atoms with Crippen LogP contribution in [0.1, 0.15) is 36.9 Å². The van der Waals surface area contributed by atoms with Gasteiger partial charge in [0.25, 0.3) is 6.43 Å². The standard InChI is InChI=1S/C16H14F5N5/c1-2-4-12-11(8-22-24-12)15-23-14(13(17)18)25-26(15)10-6-3-5-9(7-10)16(19,20)21/h3,5-8,13H,2,4H2,1H3,(H,22,24). The molecular formula is C16H14F5N5. The van der Waals surface area contributed by atoms with Crippen molar-refractivity contribution in [3.8, 4) is 17.1 Å². The fourth-order valence-electron chi connectivity index (χ4n) is 2.53. The van der Waals surface area contributed by atoms with Crippen molar-refractivity contribution in [2.24, 2.45) is 0 Å². The van der Waals surface area contributed by atoms with Crippen LogP contribution >= 0.6 is 0 Å². The number of hydrogen-bond donors (Lipinski definition) is 1. The lowest BCUT2D eigenvalue weighted by Gasteiger charge is -2.10. The lowest BCUT2D eigenvalue weighted by atomic mass is 10.1. The maximum atomic E-state index is 13.1. The molecule has 0 saturated heterocycles. The molecule has 1 aromatic carbocycles. The summed E-state index contributed by atoms with van der Waals surface area (Å²) in [5.74, 6) is -0.752. The zero-order valence-electron chi connectivity index (χ0n) is 13.6. The number of benzene rings is 1. The molecule has 0 saturated carbocycles. The number of rotatable bonds is 5. The van der Waals surface area contributed by atoms with Crippen LogP contribution in [0.25, 0.3) is 17.1 Å². The van der Waals surface area contributed by atoms with E-state index in [9.17, 15) is 22.0 Å². The molecule has 0 fully saturated rings. The number of nitrogens with one attached hydrogen (secondary N) is 1. The van der Waals surface area contributed by atoms with E-state index in [0.717, 1.165) is 23.2 Å². The fraction of sp³-hybridized carbons (Fsp3) is 0.312. The lowest BCUT2D eigenvalue weighted by Crippen LogP contribution is -2.07. The molecule has 3 rings (SSSR count). The van der Waals surface area contributed by atoms with Gasteiger partial charge in [0.05, 0.1) is 23.0 Å². The van der Waals surface area contributed by atoms with Crippen LogP contribution in [-0.2, 0) is 12.6 Å². The van der Waals surface area contributed by atoms with E-state index in [1.54, 1.807) is 0 Å². The van der Waals surface area contributed by atoms with Gasteiger partial charge in [-0.25, -0.2) is 18.4 Å². The first-order valence-electron chi connectivity index (χ1n) is 7.76. The molecule has 0 aliphatic heterocycles. The molecule has 0 unspecified atom stereocenters. The number of H-pyrrole nitrogens is 1. The first kappa shape index (κ1) is 18.0. The number of alkyl halides is 5. The van der Waals surface area contributed by atoms with Gasteiger partial charge in [0.1, 0.15) is 0 Å². The van der Waals surface area contributed by atoms with Crippen LogP contribution in [0.15, 0.2) is 30.5 Å². The van der Waals surface area contributed by atoms with Crippen LogP contribution in [0.4, 0.5) is 22.0 Å². The zero-order valence-corrected chi connectivity index (χ0v) is 13.6. The quantitative estimate of drug-likeness (QED) is 0.669. The minimum atomic E-state index is -4.56. The molecule has 10 heteroatoms. The highest BCUT2D eigenvalue weighted by atomic mass is 19.4. The van der Waals surface area contributed by atoms with E-state index in [1.165, 1.54) is 18.3 Å². The molecule has 3 aromatic rings. The lowest BCUT2D eigenvalue weighted by molar-refractivity contribution is -0.137. The summed E-state index contributed by atoms with van der Waals surface area (Å²) in [6.07, 6.45) is -4.79. The van der Waals surface area contributed by atoms with Crippen molar-refractivity contribution < 1.29 is 22.0 Å². The van der Waals surface area contributed by atoms with Gasteiger partial charge in [0.2, 0.25) is 5.82 Å². The number of aromatic nitrogens is 5. The second-order valence-electron chi connectivity index (χ2n) is 5.57. The third-order valence-corrected chi connectivity index (χ3v) is 3.70. The second-order valence-corrected chi connectivity index (χ2v) is 5.57. The van der Waals surface area contributed by atoms with E-state index in [4.69, 9.17) is 0 Å². The van der Waals surface area contributed by atoms with Crippen LogP contribution in [0.3, 0.4) is 0 Å². The normalized spacial score (nSPS) is 12.1. The SMILES string of the molecule is CCCc1[nH]ncc1-c1nc(C(F)F)nn1-c1cccc(C(F)(F)F)c1. The molecule has 0 spiro atoms. The summed E-state index contributed by atoms with van der Waals surface area (Å²) in [7, 11) is 0. The number of aromatic amines is 1. The van der Waals surface area contributed by atoms with Gasteiger partial charge in [-0.05, 0) is 24.6 Å². The molecule has 5 nitrogen and oxygen atoms in total. The monoisotopic (exact) mass is 371 g/mol. The number of hydrogen-bond acceptors (Lipinski definition) is 3. The van der Waals surface area contributed by atoms with Crippen LogP contribution in [0.5, 0.6) is 0 Å². The Morgan fingerprint density at radius 1 is 1.23 bits per heavy atom. The summed E-state index contributed by atoms with van der Waals surface area (Å²) in [5.41, 5.74) is 0.145. The van der Waals surface area contributed by atoms with Gasteiger partial charge in [0, 0.05) is 5.69 Å². The number of nitrogens with zero attached hydrogens (tertiary/aromatic N) is 4. The molecule has 0 atom stereocenters. The largest absolute Gasteiger partial charge is 0.416 e. The molecule has 0 bridgehead atoms. The first-order valence-corrected chi connectivity index (χ1v) is 7.76. The van der Waals surface area contributed by atoms with Gasteiger partial charge in [0.15, 0.2) is 5.82 Å². The van der Waals surface area contributed by atoms with E-state index >= 15 is 0 Å². The summed E-state index contributed by atoms with van der Waals surface area (Å²) in [6.45, 7) is 1.92. The highest BCUT2D eigenvalue weighted by Crippen LogP contribution is 2.32. The van der Waals surface area contributed by atoms with Crippen molar-refractivity contribution in [1.29, 1.82) is 0 Å². The highest BCUT2D eigenvalue weighted by molar-refractivity contribution is 5.60. The molecule has 2 aromatic heterocycles. The maximum Gasteiger partial charge on any atom is 0.416 e. The van der Waals surface area contributed by atoms with E-state index < -0.39 is 24.0 Å². The summed E-state index contributed by atoms with van der Waals surface area (Å²) in [6, 6.07) is 4.28. The molecular weight excluding hydrogens is 357 g/mol. The van der Waals surface area contributed by atoms with Crippen molar-refractivity contribution in [1.82, 2.24) is 25.0 Å². The van der Waals surface area contributed by atoms with Gasteiger partial charge < -0.3 is 0 Å². The first-order chi connectivity index (χ1) is 12.3. The van der Waals surface area contributed by atoms with Gasteiger partial charge in [-0.1, -0.05) is 19.4 Å². The van der Waals surface area contributed by atoms with Crippen LogP contribution in [0.2, 0.25) is 0 Å². The highest BCUT2D eigenvalue weighted by Gasteiger charge is 2.31. The Balaban J connectivity index is 2.17. The van der Waals surface area contributed by atoms with Crippen LogP contribution in [-0.4, -0.2) is 25.0 Å². The number of halogens is 5. The summed E-state index contributed by atoms with van der Waals surface area (Å²) in [5, 5.41) is 10.4. The predicted octanol–water partition coefficient (Wildman–Crippen LogP) is 4.57.